The van der Waals surface area contributed by atoms with E-state index in [1.54, 1.807) is 0 Å². The van der Waals surface area contributed by atoms with Gasteiger partial charge in [-0.25, -0.2) is 0 Å². The maximum Gasteiger partial charge on any atom is 0.0540 e. The van der Waals surface area contributed by atoms with Gasteiger partial charge in [0.25, 0.3) is 0 Å². The van der Waals surface area contributed by atoms with Crippen molar-refractivity contribution in [3.8, 4) is 44.5 Å². The maximum absolute atomic E-state index is 2.40. The summed E-state index contributed by atoms with van der Waals surface area (Å²) in [4.78, 5) is 4.76. The molecule has 0 aliphatic heterocycles. The SMILES string of the molecule is c1ccc(N(c2ccc(-c3ccc(N(c4ccccc4)c4ccc(-c5ccc(-c6cccc7ccccc67)c6c(-c7cccc8ccccc78)cccc56)c5ccccc45)cc3)cc2)c2cccc3ccccc23)cc1. The molecule has 14 aromatic carbocycles. The Hall–Kier alpha value is -10.0. The van der Waals surface area contributed by atoms with Gasteiger partial charge in [0, 0.05) is 33.5 Å². The lowest BCUT2D eigenvalue weighted by molar-refractivity contribution is 1.29. The Morgan fingerprint density at radius 1 is 0.171 bits per heavy atom. The van der Waals surface area contributed by atoms with Gasteiger partial charge < -0.3 is 9.80 Å². The molecular weight excluding hydrogens is 917 g/mol. The third kappa shape index (κ3) is 7.83. The molecule has 0 heterocycles. The Kier molecular flexibility index (Phi) is 11.2. The van der Waals surface area contributed by atoms with E-state index < -0.39 is 0 Å². The van der Waals surface area contributed by atoms with E-state index in [1.807, 2.05) is 0 Å². The minimum absolute atomic E-state index is 1.08. The first-order valence-corrected chi connectivity index (χ1v) is 26.2. The highest BCUT2D eigenvalue weighted by Gasteiger charge is 2.22. The van der Waals surface area contributed by atoms with Crippen LogP contribution in [0.4, 0.5) is 34.1 Å². The van der Waals surface area contributed by atoms with Crippen LogP contribution in [0.2, 0.25) is 0 Å². The highest BCUT2D eigenvalue weighted by atomic mass is 15.1. The summed E-state index contributed by atoms with van der Waals surface area (Å²) in [5, 5.41) is 12.2. The number of nitrogens with zero attached hydrogens (tertiary/aromatic N) is 2. The zero-order valence-corrected chi connectivity index (χ0v) is 41.8. The summed E-state index contributed by atoms with van der Waals surface area (Å²) in [5.74, 6) is 0. The summed E-state index contributed by atoms with van der Waals surface area (Å²) in [6.07, 6.45) is 0. The van der Waals surface area contributed by atoms with Crippen LogP contribution < -0.4 is 9.80 Å². The average molecular weight is 967 g/mol. The molecule has 2 heteroatoms. The summed E-state index contributed by atoms with van der Waals surface area (Å²) in [6, 6.07) is 111. The first kappa shape index (κ1) is 44.7. The lowest BCUT2D eigenvalue weighted by Crippen LogP contribution is -2.10. The van der Waals surface area contributed by atoms with Crippen LogP contribution in [0.25, 0.3) is 98.4 Å². The van der Waals surface area contributed by atoms with E-state index in [1.165, 1.54) is 87.2 Å². The molecule has 0 bridgehead atoms. The van der Waals surface area contributed by atoms with Crippen molar-refractivity contribution < 1.29 is 0 Å². The summed E-state index contributed by atoms with van der Waals surface area (Å²) >= 11 is 0. The lowest BCUT2D eigenvalue weighted by Gasteiger charge is -2.28. The molecule has 0 saturated carbocycles. The van der Waals surface area contributed by atoms with Gasteiger partial charge in [-0.05, 0) is 148 Å². The molecule has 0 amide bonds. The molecule has 76 heavy (non-hydrogen) atoms. The summed E-state index contributed by atoms with van der Waals surface area (Å²) in [7, 11) is 0. The molecule has 0 aliphatic rings. The Morgan fingerprint density at radius 2 is 0.500 bits per heavy atom. The fraction of sp³-hybridized carbons (Fsp3) is 0. The van der Waals surface area contributed by atoms with E-state index in [9.17, 15) is 0 Å². The summed E-state index contributed by atoms with van der Waals surface area (Å²) in [5.41, 5.74) is 16.3. The van der Waals surface area contributed by atoms with Crippen molar-refractivity contribution in [2.75, 3.05) is 9.80 Å². The van der Waals surface area contributed by atoms with Gasteiger partial charge in [-0.2, -0.15) is 0 Å². The second-order valence-electron chi connectivity index (χ2n) is 19.6. The monoisotopic (exact) mass is 966 g/mol. The molecule has 14 aromatic rings. The van der Waals surface area contributed by atoms with Crippen LogP contribution >= 0.6 is 0 Å². The van der Waals surface area contributed by atoms with Crippen LogP contribution in [0.3, 0.4) is 0 Å². The van der Waals surface area contributed by atoms with Crippen molar-refractivity contribution in [2.45, 2.75) is 0 Å². The molecule has 356 valence electrons. The number of hydrogen-bond acceptors (Lipinski definition) is 2. The topological polar surface area (TPSA) is 6.48 Å². The third-order valence-corrected chi connectivity index (χ3v) is 15.3. The number of rotatable bonds is 10. The van der Waals surface area contributed by atoms with Gasteiger partial charge in [0.15, 0.2) is 0 Å². The minimum Gasteiger partial charge on any atom is -0.310 e. The van der Waals surface area contributed by atoms with Gasteiger partial charge >= 0.3 is 0 Å². The first-order valence-electron chi connectivity index (χ1n) is 26.2. The zero-order valence-electron chi connectivity index (χ0n) is 41.8. The van der Waals surface area contributed by atoms with E-state index in [-0.39, 0.29) is 0 Å². The van der Waals surface area contributed by atoms with Crippen molar-refractivity contribution in [1.82, 2.24) is 0 Å². The lowest BCUT2D eigenvalue weighted by atomic mass is 9.84. The normalized spacial score (nSPS) is 11.4. The van der Waals surface area contributed by atoms with Crippen molar-refractivity contribution in [3.05, 3.63) is 303 Å². The van der Waals surface area contributed by atoms with E-state index in [2.05, 4.69) is 313 Å². The van der Waals surface area contributed by atoms with Gasteiger partial charge in [0.05, 0.1) is 11.4 Å². The fourth-order valence-electron chi connectivity index (χ4n) is 11.7. The predicted molar refractivity (Wildman–Crippen MR) is 325 cm³/mol. The van der Waals surface area contributed by atoms with Crippen molar-refractivity contribution in [1.29, 1.82) is 0 Å². The Labute approximate surface area is 443 Å². The molecule has 0 radical (unpaired) electrons. The van der Waals surface area contributed by atoms with Crippen LogP contribution in [0.5, 0.6) is 0 Å². The molecular formula is C74H50N2. The van der Waals surface area contributed by atoms with Crippen molar-refractivity contribution >= 4 is 88.0 Å². The Bertz CT molecular complexity index is 4350. The first-order chi connectivity index (χ1) is 37.7. The summed E-state index contributed by atoms with van der Waals surface area (Å²) in [6.45, 7) is 0. The van der Waals surface area contributed by atoms with Crippen LogP contribution in [0.1, 0.15) is 0 Å². The van der Waals surface area contributed by atoms with Crippen molar-refractivity contribution in [3.63, 3.8) is 0 Å². The molecule has 0 spiro atoms. The number of para-hydroxylation sites is 2. The van der Waals surface area contributed by atoms with Crippen LogP contribution in [0, 0.1) is 0 Å². The number of hydrogen-bond donors (Lipinski definition) is 0. The Morgan fingerprint density at radius 3 is 1.07 bits per heavy atom. The molecule has 14 rings (SSSR count). The standard InChI is InChI=1S/C74H50N2/c1-3-25-56(26-4-1)75(72-38-17-24-55-21-9-12-31-62(55)72)58-43-39-51(40-44-58)52-41-45-59(46-42-52)76(57-27-5-2-6-28-57)73-50-49-66(65-32-13-14-33-68(65)73)67-47-48-71(64-35-16-23-54-20-8-11-30-61(54)64)74-69(36-18-37-70(67)74)63-34-15-22-53-19-7-10-29-60(53)63/h1-50H. The van der Waals surface area contributed by atoms with Crippen molar-refractivity contribution in [2.24, 2.45) is 0 Å². The van der Waals surface area contributed by atoms with E-state index in [0.717, 1.165) is 45.3 Å². The van der Waals surface area contributed by atoms with Gasteiger partial charge in [-0.1, -0.05) is 243 Å². The van der Waals surface area contributed by atoms with Crippen LogP contribution in [-0.4, -0.2) is 0 Å². The number of benzene rings is 14. The smallest absolute Gasteiger partial charge is 0.0540 e. The van der Waals surface area contributed by atoms with Gasteiger partial charge in [-0.15, -0.1) is 0 Å². The highest BCUT2D eigenvalue weighted by molar-refractivity contribution is 6.19. The molecule has 0 aromatic heterocycles. The average Bonchev–Trinajstić information content (AvgIpc) is 3.56. The molecule has 0 N–H and O–H groups in total. The molecule has 0 fully saturated rings. The van der Waals surface area contributed by atoms with E-state index in [0.29, 0.717) is 0 Å². The molecule has 0 aliphatic carbocycles. The summed E-state index contributed by atoms with van der Waals surface area (Å²) < 4.78 is 0. The quantitative estimate of drug-likeness (QED) is 0.135. The highest BCUT2D eigenvalue weighted by Crippen LogP contribution is 2.48. The molecule has 0 saturated heterocycles. The Balaban J connectivity index is 0.877. The van der Waals surface area contributed by atoms with Gasteiger partial charge in [0.2, 0.25) is 0 Å². The predicted octanol–water partition coefficient (Wildman–Crippen LogP) is 21.1. The molecule has 2 nitrogen and oxygen atoms in total. The second-order valence-corrected chi connectivity index (χ2v) is 19.6. The molecule has 0 atom stereocenters. The second kappa shape index (κ2) is 19.1. The third-order valence-electron chi connectivity index (χ3n) is 15.3. The largest absolute Gasteiger partial charge is 0.310 e. The zero-order chi connectivity index (χ0) is 50.4. The maximum atomic E-state index is 2.40. The fourth-order valence-corrected chi connectivity index (χ4v) is 11.7. The van der Waals surface area contributed by atoms with Gasteiger partial charge in [0.1, 0.15) is 0 Å². The molecule has 0 unspecified atom stereocenters. The number of fused-ring (bicyclic) bond motifs is 5. The van der Waals surface area contributed by atoms with Crippen LogP contribution in [-0.2, 0) is 0 Å². The minimum atomic E-state index is 1.08. The van der Waals surface area contributed by atoms with E-state index >= 15 is 0 Å². The number of anilines is 6. The van der Waals surface area contributed by atoms with Gasteiger partial charge in [-0.3, -0.25) is 0 Å². The van der Waals surface area contributed by atoms with Crippen LogP contribution in [0.15, 0.2) is 303 Å². The van der Waals surface area contributed by atoms with E-state index in [4.69, 9.17) is 0 Å².